The standard InChI is InChI=1S/C21H19N3O4S/c1-12-6-5-7-13(8-12)9-17-20(25)24-19(22-23-21(24)29-17)14-10-15(26-2)18(28-4)16(11-14)27-3/h5-11H,1-4H3/b17-9-. The first kappa shape index (κ1) is 18.9. The number of aromatic nitrogens is 3. The summed E-state index contributed by atoms with van der Waals surface area (Å²) >= 11 is 1.30. The van der Waals surface area contributed by atoms with Crippen molar-refractivity contribution in [2.45, 2.75) is 6.92 Å². The molecule has 0 aliphatic rings. The Balaban J connectivity index is 1.91. The lowest BCUT2D eigenvalue weighted by Gasteiger charge is -2.13. The largest absolute Gasteiger partial charge is 0.493 e. The molecular formula is C21H19N3O4S. The van der Waals surface area contributed by atoms with E-state index in [1.807, 2.05) is 37.3 Å². The van der Waals surface area contributed by atoms with Crippen LogP contribution in [0.5, 0.6) is 17.2 Å². The summed E-state index contributed by atoms with van der Waals surface area (Å²) in [5.41, 5.74) is 2.57. The van der Waals surface area contributed by atoms with Crippen LogP contribution in [0.4, 0.5) is 0 Å². The van der Waals surface area contributed by atoms with Gasteiger partial charge in [-0.3, -0.25) is 4.79 Å². The fraction of sp³-hybridized carbons (Fsp3) is 0.190. The van der Waals surface area contributed by atoms with E-state index in [1.165, 1.54) is 22.8 Å². The van der Waals surface area contributed by atoms with Crippen LogP contribution in [0, 0.1) is 6.92 Å². The van der Waals surface area contributed by atoms with E-state index in [-0.39, 0.29) is 5.56 Å². The van der Waals surface area contributed by atoms with Gasteiger partial charge in [0.1, 0.15) is 0 Å². The molecule has 0 saturated carbocycles. The van der Waals surface area contributed by atoms with Crippen LogP contribution >= 0.6 is 11.3 Å². The number of hydrogen-bond acceptors (Lipinski definition) is 7. The Morgan fingerprint density at radius 2 is 1.72 bits per heavy atom. The molecule has 0 fully saturated rings. The first-order chi connectivity index (χ1) is 14.0. The second kappa shape index (κ2) is 7.56. The molecule has 0 spiro atoms. The molecule has 0 radical (unpaired) electrons. The second-order valence-electron chi connectivity index (χ2n) is 6.39. The summed E-state index contributed by atoms with van der Waals surface area (Å²) in [6.45, 7) is 2.02. The number of thiazole rings is 1. The van der Waals surface area contributed by atoms with E-state index in [4.69, 9.17) is 14.2 Å². The first-order valence-corrected chi connectivity index (χ1v) is 9.64. The topological polar surface area (TPSA) is 75.0 Å². The van der Waals surface area contributed by atoms with Crippen LogP contribution < -0.4 is 24.3 Å². The number of ether oxygens (including phenoxy) is 3. The van der Waals surface area contributed by atoms with Crippen molar-refractivity contribution in [3.05, 3.63) is 62.4 Å². The minimum Gasteiger partial charge on any atom is -0.493 e. The average Bonchev–Trinajstić information content (AvgIpc) is 3.27. The van der Waals surface area contributed by atoms with Gasteiger partial charge in [-0.25, -0.2) is 4.40 Å². The predicted octanol–water partition coefficient (Wildman–Crippen LogP) is 2.70. The van der Waals surface area contributed by atoms with Gasteiger partial charge in [0.2, 0.25) is 10.7 Å². The summed E-state index contributed by atoms with van der Waals surface area (Å²) in [6.07, 6.45) is 1.87. The van der Waals surface area contributed by atoms with E-state index in [9.17, 15) is 4.79 Å². The van der Waals surface area contributed by atoms with Gasteiger partial charge >= 0.3 is 0 Å². The molecule has 148 valence electrons. The summed E-state index contributed by atoms with van der Waals surface area (Å²) in [7, 11) is 4.62. The molecule has 0 unspecified atom stereocenters. The highest BCUT2D eigenvalue weighted by Gasteiger charge is 2.19. The number of aryl methyl sites for hydroxylation is 1. The Kier molecular flexibility index (Phi) is 4.94. The van der Waals surface area contributed by atoms with Crippen molar-refractivity contribution in [2.24, 2.45) is 0 Å². The van der Waals surface area contributed by atoms with Crippen LogP contribution in [0.2, 0.25) is 0 Å². The third-order valence-corrected chi connectivity index (χ3v) is 5.47. The molecule has 29 heavy (non-hydrogen) atoms. The summed E-state index contributed by atoms with van der Waals surface area (Å²) in [5.74, 6) is 1.85. The minimum absolute atomic E-state index is 0.166. The van der Waals surface area contributed by atoms with E-state index < -0.39 is 0 Å². The fourth-order valence-corrected chi connectivity index (χ4v) is 4.08. The number of methoxy groups -OCH3 is 3. The van der Waals surface area contributed by atoms with Crippen molar-refractivity contribution in [3.63, 3.8) is 0 Å². The number of benzene rings is 2. The van der Waals surface area contributed by atoms with Crippen LogP contribution in [-0.4, -0.2) is 35.9 Å². The summed E-state index contributed by atoms with van der Waals surface area (Å²) < 4.78 is 18.3. The van der Waals surface area contributed by atoms with E-state index in [0.29, 0.717) is 38.1 Å². The molecule has 0 bridgehead atoms. The molecule has 4 aromatic rings. The van der Waals surface area contributed by atoms with Crippen molar-refractivity contribution < 1.29 is 14.2 Å². The molecule has 0 saturated heterocycles. The number of nitrogens with zero attached hydrogens (tertiary/aromatic N) is 3. The number of rotatable bonds is 5. The minimum atomic E-state index is -0.166. The third kappa shape index (κ3) is 3.31. The van der Waals surface area contributed by atoms with Crippen molar-refractivity contribution in [1.82, 2.24) is 14.6 Å². The molecule has 0 N–H and O–H groups in total. The molecule has 0 aliphatic carbocycles. The van der Waals surface area contributed by atoms with Crippen LogP contribution in [0.3, 0.4) is 0 Å². The Bertz CT molecular complexity index is 1280. The molecule has 7 nitrogen and oxygen atoms in total. The third-order valence-electron chi connectivity index (χ3n) is 4.51. The van der Waals surface area contributed by atoms with Crippen LogP contribution in [0.25, 0.3) is 22.4 Å². The van der Waals surface area contributed by atoms with E-state index in [2.05, 4.69) is 10.2 Å². The molecule has 0 atom stereocenters. The Hall–Kier alpha value is -3.39. The lowest BCUT2D eigenvalue weighted by molar-refractivity contribution is 0.324. The van der Waals surface area contributed by atoms with Gasteiger partial charge in [0.05, 0.1) is 25.9 Å². The first-order valence-electron chi connectivity index (χ1n) is 8.82. The molecular weight excluding hydrogens is 390 g/mol. The van der Waals surface area contributed by atoms with Gasteiger partial charge in [0, 0.05) is 5.56 Å². The van der Waals surface area contributed by atoms with Gasteiger partial charge in [0.25, 0.3) is 5.56 Å². The van der Waals surface area contributed by atoms with Gasteiger partial charge in [-0.15, -0.1) is 10.2 Å². The average molecular weight is 409 g/mol. The number of fused-ring (bicyclic) bond motifs is 1. The van der Waals surface area contributed by atoms with Crippen molar-refractivity contribution in [2.75, 3.05) is 21.3 Å². The fourth-order valence-electron chi connectivity index (χ4n) is 3.17. The number of hydrogen-bond donors (Lipinski definition) is 0. The maximum absolute atomic E-state index is 13.1. The lowest BCUT2D eigenvalue weighted by Crippen LogP contribution is -2.23. The van der Waals surface area contributed by atoms with E-state index >= 15 is 0 Å². The SMILES string of the molecule is COc1cc(-c2nnc3s/c(=C\c4cccc(C)c4)c(=O)n23)cc(OC)c1OC. The summed E-state index contributed by atoms with van der Waals surface area (Å²) in [6, 6.07) is 11.5. The Morgan fingerprint density at radius 3 is 2.34 bits per heavy atom. The molecule has 2 heterocycles. The summed E-state index contributed by atoms with van der Waals surface area (Å²) in [5, 5.41) is 8.40. The van der Waals surface area contributed by atoms with E-state index in [1.54, 1.807) is 26.4 Å². The molecule has 8 heteroatoms. The summed E-state index contributed by atoms with van der Waals surface area (Å²) in [4.78, 5) is 13.6. The molecule has 0 amide bonds. The monoisotopic (exact) mass is 409 g/mol. The zero-order valence-electron chi connectivity index (χ0n) is 16.4. The Morgan fingerprint density at radius 1 is 1.00 bits per heavy atom. The van der Waals surface area contributed by atoms with Gasteiger partial charge in [0.15, 0.2) is 17.3 Å². The highest BCUT2D eigenvalue weighted by molar-refractivity contribution is 7.15. The normalized spacial score (nSPS) is 11.8. The van der Waals surface area contributed by atoms with Crippen LogP contribution in [-0.2, 0) is 0 Å². The highest BCUT2D eigenvalue weighted by atomic mass is 32.1. The molecule has 2 aromatic carbocycles. The maximum atomic E-state index is 13.1. The van der Waals surface area contributed by atoms with E-state index in [0.717, 1.165) is 11.1 Å². The van der Waals surface area contributed by atoms with Gasteiger partial charge in [-0.1, -0.05) is 41.2 Å². The van der Waals surface area contributed by atoms with Crippen molar-refractivity contribution in [1.29, 1.82) is 0 Å². The predicted molar refractivity (Wildman–Crippen MR) is 112 cm³/mol. The quantitative estimate of drug-likeness (QED) is 0.505. The second-order valence-corrected chi connectivity index (χ2v) is 7.39. The smallest absolute Gasteiger partial charge is 0.276 e. The Labute approximate surface area is 170 Å². The maximum Gasteiger partial charge on any atom is 0.276 e. The van der Waals surface area contributed by atoms with Gasteiger partial charge in [-0.2, -0.15) is 0 Å². The molecule has 2 aromatic heterocycles. The zero-order chi connectivity index (χ0) is 20.5. The van der Waals surface area contributed by atoms with Crippen LogP contribution in [0.1, 0.15) is 11.1 Å². The zero-order valence-corrected chi connectivity index (χ0v) is 17.2. The molecule has 4 rings (SSSR count). The highest BCUT2D eigenvalue weighted by Crippen LogP contribution is 2.40. The molecule has 0 aliphatic heterocycles. The van der Waals surface area contributed by atoms with Crippen LogP contribution in [0.15, 0.2) is 41.2 Å². The van der Waals surface area contributed by atoms with Crippen molar-refractivity contribution >= 4 is 22.4 Å². The lowest BCUT2D eigenvalue weighted by atomic mass is 10.1. The van der Waals surface area contributed by atoms with Gasteiger partial charge < -0.3 is 14.2 Å². The van der Waals surface area contributed by atoms with Crippen molar-refractivity contribution in [3.8, 4) is 28.6 Å². The van der Waals surface area contributed by atoms with Gasteiger partial charge in [-0.05, 0) is 30.7 Å².